The van der Waals surface area contributed by atoms with E-state index < -0.39 is 21.8 Å². The Morgan fingerprint density at radius 2 is 1.50 bits per heavy atom. The van der Waals surface area contributed by atoms with Gasteiger partial charge >= 0.3 is 6.18 Å². The molecule has 0 unspecified atom stereocenters. The van der Waals surface area contributed by atoms with E-state index in [9.17, 15) is 31.2 Å². The Morgan fingerprint density at radius 1 is 0.882 bits per heavy atom. The highest BCUT2D eigenvalue weighted by Crippen LogP contribution is 2.30. The average Bonchev–Trinajstić information content (AvgIpc) is 3.25. The summed E-state index contributed by atoms with van der Waals surface area (Å²) in [5, 5.41) is 0. The zero-order valence-electron chi connectivity index (χ0n) is 18.3. The minimum atomic E-state index is -4.54. The maximum atomic E-state index is 12.8. The first-order chi connectivity index (χ1) is 16.1. The lowest BCUT2D eigenvalue weighted by Crippen LogP contribution is -2.50. The fourth-order valence-electron chi connectivity index (χ4n) is 4.14. The number of anilines is 1. The summed E-state index contributed by atoms with van der Waals surface area (Å²) in [7, 11) is -3.95. The Kier molecular flexibility index (Phi) is 6.68. The molecule has 2 aliphatic rings. The van der Waals surface area contributed by atoms with Crippen molar-refractivity contribution >= 4 is 27.5 Å². The van der Waals surface area contributed by atoms with Crippen LogP contribution in [-0.4, -0.2) is 62.2 Å². The monoisotopic (exact) mass is 495 g/mol. The third kappa shape index (κ3) is 5.10. The van der Waals surface area contributed by atoms with Crippen LogP contribution in [0.2, 0.25) is 0 Å². The molecule has 0 N–H and O–H groups in total. The van der Waals surface area contributed by atoms with Crippen molar-refractivity contribution < 1.29 is 31.2 Å². The lowest BCUT2D eigenvalue weighted by molar-refractivity contribution is -0.137. The third-order valence-electron chi connectivity index (χ3n) is 6.09. The first-order valence-corrected chi connectivity index (χ1v) is 12.3. The van der Waals surface area contributed by atoms with Gasteiger partial charge in [-0.05, 0) is 48.4 Å². The number of nitrogens with zero attached hydrogens (tertiary/aromatic N) is 3. The summed E-state index contributed by atoms with van der Waals surface area (Å²) in [6, 6.07) is 10.7. The van der Waals surface area contributed by atoms with Gasteiger partial charge in [-0.25, -0.2) is 8.42 Å². The van der Waals surface area contributed by atoms with Gasteiger partial charge in [0.25, 0.3) is 0 Å². The van der Waals surface area contributed by atoms with Crippen molar-refractivity contribution in [1.29, 1.82) is 0 Å². The molecule has 0 radical (unpaired) electrons. The van der Waals surface area contributed by atoms with Gasteiger partial charge in [0.2, 0.25) is 21.8 Å². The molecule has 0 spiro atoms. The van der Waals surface area contributed by atoms with Crippen molar-refractivity contribution in [2.75, 3.05) is 37.6 Å². The number of amides is 2. The van der Waals surface area contributed by atoms with Crippen LogP contribution in [0.4, 0.5) is 18.9 Å². The summed E-state index contributed by atoms with van der Waals surface area (Å²) < 4.78 is 65.0. The fraction of sp³-hybridized carbons (Fsp3) is 0.391. The van der Waals surface area contributed by atoms with E-state index in [2.05, 4.69) is 0 Å². The number of benzene rings is 2. The van der Waals surface area contributed by atoms with Gasteiger partial charge in [-0.15, -0.1) is 0 Å². The van der Waals surface area contributed by atoms with E-state index in [1.807, 2.05) is 24.3 Å². The Hall–Kier alpha value is -2.92. The molecule has 0 aliphatic carbocycles. The maximum absolute atomic E-state index is 12.8. The lowest BCUT2D eigenvalue weighted by atomic mass is 10.1. The molecular formula is C23H24F3N3O4S. The molecule has 2 heterocycles. The van der Waals surface area contributed by atoms with Crippen LogP contribution in [-0.2, 0) is 32.2 Å². The number of piperazine rings is 1. The average molecular weight is 496 g/mol. The number of alkyl halides is 3. The lowest BCUT2D eigenvalue weighted by Gasteiger charge is -2.34. The summed E-state index contributed by atoms with van der Waals surface area (Å²) >= 11 is 0. The first kappa shape index (κ1) is 24.2. The van der Waals surface area contributed by atoms with E-state index in [1.54, 1.807) is 9.80 Å². The number of sulfonamides is 1. The van der Waals surface area contributed by atoms with E-state index in [1.165, 1.54) is 4.31 Å². The van der Waals surface area contributed by atoms with Crippen molar-refractivity contribution in [2.24, 2.45) is 0 Å². The fourth-order valence-corrected chi connectivity index (χ4v) is 5.57. The minimum absolute atomic E-state index is 0.0606. The molecule has 0 saturated carbocycles. The molecule has 34 heavy (non-hydrogen) atoms. The molecule has 2 amide bonds. The highest BCUT2D eigenvalue weighted by Gasteiger charge is 2.33. The van der Waals surface area contributed by atoms with Crippen LogP contribution < -0.4 is 4.90 Å². The predicted molar refractivity (Wildman–Crippen MR) is 119 cm³/mol. The molecule has 2 aromatic rings. The second-order valence-electron chi connectivity index (χ2n) is 8.30. The molecule has 11 heteroatoms. The van der Waals surface area contributed by atoms with Crippen LogP contribution in [0.1, 0.15) is 24.0 Å². The summed E-state index contributed by atoms with van der Waals surface area (Å²) in [6.07, 6.45) is -3.01. The molecule has 2 aliphatic heterocycles. The second-order valence-corrected chi connectivity index (χ2v) is 10.2. The van der Waals surface area contributed by atoms with E-state index >= 15 is 0 Å². The van der Waals surface area contributed by atoms with Crippen molar-refractivity contribution in [3.05, 3.63) is 59.7 Å². The number of rotatable bonds is 5. The third-order valence-corrected chi connectivity index (χ3v) is 8.00. The number of carbonyl (C=O) groups is 2. The Labute approximate surface area is 195 Å². The normalized spacial score (nSPS) is 17.9. The molecule has 4 rings (SSSR count). The number of carbonyl (C=O) groups excluding carboxylic acids is 2. The van der Waals surface area contributed by atoms with Crippen LogP contribution in [0.5, 0.6) is 0 Å². The van der Waals surface area contributed by atoms with Crippen molar-refractivity contribution in [2.45, 2.75) is 30.3 Å². The minimum Gasteiger partial charge on any atom is -0.340 e. The van der Waals surface area contributed by atoms with Crippen molar-refractivity contribution in [3.63, 3.8) is 0 Å². The number of halogens is 3. The number of hydrogen-bond donors (Lipinski definition) is 0. The first-order valence-electron chi connectivity index (χ1n) is 10.9. The van der Waals surface area contributed by atoms with E-state index in [-0.39, 0.29) is 49.3 Å². The Bertz CT molecular complexity index is 1160. The van der Waals surface area contributed by atoms with Crippen LogP contribution in [0.15, 0.2) is 53.4 Å². The van der Waals surface area contributed by atoms with E-state index in [0.717, 1.165) is 41.9 Å². The summed E-state index contributed by atoms with van der Waals surface area (Å²) in [5.74, 6) is -0.0514. The molecule has 2 saturated heterocycles. The highest BCUT2D eigenvalue weighted by atomic mass is 32.2. The van der Waals surface area contributed by atoms with Crippen LogP contribution in [0.25, 0.3) is 0 Å². The summed E-state index contributed by atoms with van der Waals surface area (Å²) in [6.45, 7) is 1.20. The zero-order valence-corrected chi connectivity index (χ0v) is 19.1. The van der Waals surface area contributed by atoms with Gasteiger partial charge < -0.3 is 9.80 Å². The van der Waals surface area contributed by atoms with Gasteiger partial charge in [0.15, 0.2) is 0 Å². The van der Waals surface area contributed by atoms with E-state index in [4.69, 9.17) is 0 Å². The standard InChI is InChI=1S/C23H24F3N3O4S/c24-23(25,26)18-5-9-20(10-6-18)34(32,33)28-14-12-27(13-15-28)22(31)16-17-3-7-19(8-4-17)29-11-1-2-21(29)30/h3-10H,1-2,11-16H2. The van der Waals surface area contributed by atoms with Gasteiger partial charge in [0.1, 0.15) is 0 Å². The van der Waals surface area contributed by atoms with Crippen LogP contribution >= 0.6 is 0 Å². The van der Waals surface area contributed by atoms with Crippen LogP contribution in [0.3, 0.4) is 0 Å². The Morgan fingerprint density at radius 3 is 2.03 bits per heavy atom. The largest absolute Gasteiger partial charge is 0.416 e. The molecular weight excluding hydrogens is 471 g/mol. The van der Waals surface area contributed by atoms with Gasteiger partial charge in [-0.2, -0.15) is 17.5 Å². The van der Waals surface area contributed by atoms with Crippen molar-refractivity contribution in [3.8, 4) is 0 Å². The molecule has 2 aromatic carbocycles. The molecule has 7 nitrogen and oxygen atoms in total. The summed E-state index contributed by atoms with van der Waals surface area (Å²) in [5.41, 5.74) is 0.683. The smallest absolute Gasteiger partial charge is 0.340 e. The van der Waals surface area contributed by atoms with Gasteiger partial charge in [0, 0.05) is 44.8 Å². The molecule has 182 valence electrons. The van der Waals surface area contributed by atoms with Crippen LogP contribution in [0, 0.1) is 0 Å². The number of hydrogen-bond acceptors (Lipinski definition) is 4. The highest BCUT2D eigenvalue weighted by molar-refractivity contribution is 7.89. The topological polar surface area (TPSA) is 78.0 Å². The Balaban J connectivity index is 1.33. The molecule has 0 bridgehead atoms. The summed E-state index contributed by atoms with van der Waals surface area (Å²) in [4.78, 5) is 27.7. The van der Waals surface area contributed by atoms with Gasteiger partial charge in [0.05, 0.1) is 16.9 Å². The van der Waals surface area contributed by atoms with Gasteiger partial charge in [-0.3, -0.25) is 9.59 Å². The molecule has 2 fully saturated rings. The zero-order chi connectivity index (χ0) is 24.5. The molecule has 0 aromatic heterocycles. The van der Waals surface area contributed by atoms with E-state index in [0.29, 0.717) is 13.0 Å². The predicted octanol–water partition coefficient (Wildman–Crippen LogP) is 2.91. The van der Waals surface area contributed by atoms with Gasteiger partial charge in [-0.1, -0.05) is 12.1 Å². The SMILES string of the molecule is O=C(Cc1ccc(N2CCCC2=O)cc1)N1CCN(S(=O)(=O)c2ccc(C(F)(F)F)cc2)CC1. The second kappa shape index (κ2) is 9.38. The van der Waals surface area contributed by atoms with Crippen molar-refractivity contribution in [1.82, 2.24) is 9.21 Å². The molecule has 0 atom stereocenters. The quantitative estimate of drug-likeness (QED) is 0.639. The maximum Gasteiger partial charge on any atom is 0.416 e.